The van der Waals surface area contributed by atoms with Gasteiger partial charge in [0.25, 0.3) is 0 Å². The fourth-order valence-corrected chi connectivity index (χ4v) is 0.943. The van der Waals surface area contributed by atoms with Crippen molar-refractivity contribution in [3.8, 4) is 0 Å². The number of nitrogens with zero attached hydrogens (tertiary/aromatic N) is 3. The van der Waals surface area contributed by atoms with Gasteiger partial charge in [0.1, 0.15) is 0 Å². The molecule has 4 nitrogen and oxygen atoms in total. The average molecular weight is 154 g/mol. The molecular formula is C7H14N4. The Morgan fingerprint density at radius 3 is 2.64 bits per heavy atom. The minimum atomic E-state index is -0.198. The summed E-state index contributed by atoms with van der Waals surface area (Å²) in [6.45, 7) is 3.95. The summed E-state index contributed by atoms with van der Waals surface area (Å²) in [6.07, 6.45) is 2.65. The molecule has 62 valence electrons. The highest BCUT2D eigenvalue weighted by molar-refractivity contribution is 4.98. The minimum absolute atomic E-state index is 0.198. The molecule has 0 spiro atoms. The van der Waals surface area contributed by atoms with Crippen LogP contribution in [0.1, 0.15) is 19.5 Å². The van der Waals surface area contributed by atoms with Crippen molar-refractivity contribution in [1.29, 1.82) is 0 Å². The van der Waals surface area contributed by atoms with E-state index in [2.05, 4.69) is 10.3 Å². The van der Waals surface area contributed by atoms with Gasteiger partial charge in [-0.15, -0.1) is 5.10 Å². The van der Waals surface area contributed by atoms with Gasteiger partial charge in [-0.25, -0.2) is 0 Å². The van der Waals surface area contributed by atoms with Crippen LogP contribution in [0, 0.1) is 0 Å². The molecule has 0 atom stereocenters. The molecule has 0 fully saturated rings. The molecule has 1 aromatic heterocycles. The largest absolute Gasteiger partial charge is 0.325 e. The summed E-state index contributed by atoms with van der Waals surface area (Å²) in [6, 6.07) is 0. The van der Waals surface area contributed by atoms with Crippen molar-refractivity contribution in [3.05, 3.63) is 11.9 Å². The van der Waals surface area contributed by atoms with E-state index in [1.165, 1.54) is 0 Å². The predicted octanol–water partition coefficient (Wildman–Crippen LogP) is 0.0949. The lowest BCUT2D eigenvalue weighted by atomic mass is 10.0. The number of hydrogen-bond donors (Lipinski definition) is 1. The molecule has 0 aliphatic heterocycles. The Bertz CT molecular complexity index is 233. The van der Waals surface area contributed by atoms with Gasteiger partial charge >= 0.3 is 0 Å². The van der Waals surface area contributed by atoms with Crippen LogP contribution < -0.4 is 5.73 Å². The second-order valence-electron chi connectivity index (χ2n) is 3.55. The summed E-state index contributed by atoms with van der Waals surface area (Å²) in [4.78, 5) is 0. The lowest BCUT2D eigenvalue weighted by Gasteiger charge is -2.15. The molecule has 0 aromatic carbocycles. The normalized spacial score (nSPS) is 12.0. The van der Waals surface area contributed by atoms with Crippen molar-refractivity contribution in [2.45, 2.75) is 25.8 Å². The smallest absolute Gasteiger partial charge is 0.0845 e. The number of hydrogen-bond acceptors (Lipinski definition) is 3. The van der Waals surface area contributed by atoms with Gasteiger partial charge in [-0.05, 0) is 13.8 Å². The van der Waals surface area contributed by atoms with E-state index in [0.717, 1.165) is 12.1 Å². The van der Waals surface area contributed by atoms with Crippen LogP contribution in [0.4, 0.5) is 0 Å². The fraction of sp³-hybridized carbons (Fsp3) is 0.714. The SMILES string of the molecule is Cn1cc(CC(C)(C)N)nn1. The van der Waals surface area contributed by atoms with Crippen molar-refractivity contribution in [1.82, 2.24) is 15.0 Å². The van der Waals surface area contributed by atoms with Crippen LogP contribution in [0.5, 0.6) is 0 Å². The molecule has 2 N–H and O–H groups in total. The third-order valence-corrected chi connectivity index (χ3v) is 1.29. The van der Waals surface area contributed by atoms with Crippen LogP contribution in [-0.2, 0) is 13.5 Å². The Morgan fingerprint density at radius 2 is 2.27 bits per heavy atom. The predicted molar refractivity (Wildman–Crippen MR) is 43.0 cm³/mol. The molecule has 0 unspecified atom stereocenters. The summed E-state index contributed by atoms with van der Waals surface area (Å²) in [5, 5.41) is 7.75. The maximum absolute atomic E-state index is 5.80. The van der Waals surface area contributed by atoms with Crippen LogP contribution >= 0.6 is 0 Å². The topological polar surface area (TPSA) is 56.7 Å². The molecule has 0 saturated heterocycles. The first-order valence-corrected chi connectivity index (χ1v) is 3.61. The number of aryl methyl sites for hydroxylation is 1. The van der Waals surface area contributed by atoms with Crippen LogP contribution in [0.25, 0.3) is 0 Å². The molecule has 0 amide bonds. The Hall–Kier alpha value is -0.900. The van der Waals surface area contributed by atoms with Crippen LogP contribution in [-0.4, -0.2) is 20.5 Å². The van der Waals surface area contributed by atoms with E-state index in [9.17, 15) is 0 Å². The van der Waals surface area contributed by atoms with Crippen LogP contribution in [0.15, 0.2) is 6.20 Å². The van der Waals surface area contributed by atoms with Crippen molar-refractivity contribution in [3.63, 3.8) is 0 Å². The first-order chi connectivity index (χ1) is 4.97. The lowest BCUT2D eigenvalue weighted by Crippen LogP contribution is -2.34. The van der Waals surface area contributed by atoms with Gasteiger partial charge in [0, 0.05) is 25.2 Å². The average Bonchev–Trinajstić information content (AvgIpc) is 2.10. The molecule has 0 radical (unpaired) electrons. The van der Waals surface area contributed by atoms with Gasteiger partial charge in [0.05, 0.1) is 5.69 Å². The molecule has 1 rings (SSSR count). The van der Waals surface area contributed by atoms with E-state index in [-0.39, 0.29) is 5.54 Å². The standard InChI is InChI=1S/C7H14N4/c1-7(2,8)4-6-5-11(3)10-9-6/h5H,4,8H2,1-3H3. The van der Waals surface area contributed by atoms with Gasteiger partial charge < -0.3 is 5.73 Å². The monoisotopic (exact) mass is 154 g/mol. The van der Waals surface area contributed by atoms with Gasteiger partial charge in [-0.2, -0.15) is 0 Å². The molecule has 0 saturated carbocycles. The van der Waals surface area contributed by atoms with E-state index < -0.39 is 0 Å². The molecule has 11 heavy (non-hydrogen) atoms. The van der Waals surface area contributed by atoms with Gasteiger partial charge in [0.2, 0.25) is 0 Å². The van der Waals surface area contributed by atoms with E-state index in [1.807, 2.05) is 27.1 Å². The zero-order chi connectivity index (χ0) is 8.48. The second-order valence-corrected chi connectivity index (χ2v) is 3.55. The lowest BCUT2D eigenvalue weighted by molar-refractivity contribution is 0.509. The third kappa shape index (κ3) is 2.67. The zero-order valence-corrected chi connectivity index (χ0v) is 7.20. The summed E-state index contributed by atoms with van der Waals surface area (Å²) in [5.74, 6) is 0. The summed E-state index contributed by atoms with van der Waals surface area (Å²) >= 11 is 0. The minimum Gasteiger partial charge on any atom is -0.325 e. The van der Waals surface area contributed by atoms with Gasteiger partial charge in [0.15, 0.2) is 0 Å². The van der Waals surface area contributed by atoms with Crippen molar-refractivity contribution in [2.75, 3.05) is 0 Å². The maximum Gasteiger partial charge on any atom is 0.0845 e. The van der Waals surface area contributed by atoms with Crippen LogP contribution in [0.3, 0.4) is 0 Å². The summed E-state index contributed by atoms with van der Waals surface area (Å²) < 4.78 is 1.68. The molecular weight excluding hydrogens is 140 g/mol. The van der Waals surface area contributed by atoms with Crippen LogP contribution in [0.2, 0.25) is 0 Å². The van der Waals surface area contributed by atoms with E-state index in [0.29, 0.717) is 0 Å². The highest BCUT2D eigenvalue weighted by atomic mass is 15.4. The van der Waals surface area contributed by atoms with Crippen molar-refractivity contribution >= 4 is 0 Å². The molecule has 0 aliphatic carbocycles. The van der Waals surface area contributed by atoms with E-state index in [1.54, 1.807) is 4.68 Å². The Balaban J connectivity index is 2.65. The second kappa shape index (κ2) is 2.62. The highest BCUT2D eigenvalue weighted by Gasteiger charge is 2.13. The maximum atomic E-state index is 5.80. The van der Waals surface area contributed by atoms with E-state index >= 15 is 0 Å². The quantitative estimate of drug-likeness (QED) is 0.657. The Kier molecular flexibility index (Phi) is 1.95. The molecule has 4 heteroatoms. The molecule has 0 aliphatic rings. The van der Waals surface area contributed by atoms with Crippen molar-refractivity contribution < 1.29 is 0 Å². The number of nitrogens with two attached hydrogens (primary N) is 1. The van der Waals surface area contributed by atoms with Crippen molar-refractivity contribution in [2.24, 2.45) is 12.8 Å². The summed E-state index contributed by atoms with van der Waals surface area (Å²) in [5.41, 5.74) is 6.55. The van der Waals surface area contributed by atoms with Gasteiger partial charge in [-0.1, -0.05) is 5.21 Å². The first kappa shape index (κ1) is 8.20. The number of rotatable bonds is 2. The number of aromatic nitrogens is 3. The molecule has 0 bridgehead atoms. The Labute approximate surface area is 66.4 Å². The van der Waals surface area contributed by atoms with E-state index in [4.69, 9.17) is 5.73 Å². The zero-order valence-electron chi connectivity index (χ0n) is 7.20. The first-order valence-electron chi connectivity index (χ1n) is 3.61. The van der Waals surface area contributed by atoms with Gasteiger partial charge in [-0.3, -0.25) is 4.68 Å². The third-order valence-electron chi connectivity index (χ3n) is 1.29. The molecule has 1 aromatic rings. The highest BCUT2D eigenvalue weighted by Crippen LogP contribution is 2.05. The summed E-state index contributed by atoms with van der Waals surface area (Å²) in [7, 11) is 1.85. The Morgan fingerprint density at radius 1 is 1.64 bits per heavy atom. The molecule has 1 heterocycles. The fourth-order valence-electron chi connectivity index (χ4n) is 0.943.